The monoisotopic (exact) mass is 279 g/mol. The van der Waals surface area contributed by atoms with Gasteiger partial charge in [0.2, 0.25) is 0 Å². The highest BCUT2D eigenvalue weighted by Gasteiger charge is 2.28. The van der Waals surface area contributed by atoms with Crippen molar-refractivity contribution in [2.45, 2.75) is 45.1 Å². The average molecular weight is 279 g/mol. The lowest BCUT2D eigenvalue weighted by atomic mass is 9.97. The van der Waals surface area contributed by atoms with Crippen LogP contribution in [0, 0.1) is 5.92 Å². The number of thiophene rings is 1. The molecule has 3 rings (SSSR count). The number of rotatable bonds is 1. The van der Waals surface area contributed by atoms with Gasteiger partial charge in [-0.25, -0.2) is 0 Å². The Morgan fingerprint density at radius 2 is 2.16 bits per heavy atom. The van der Waals surface area contributed by atoms with Crippen molar-refractivity contribution in [3.63, 3.8) is 0 Å². The highest BCUT2D eigenvalue weighted by atomic mass is 32.1. The smallest absolute Gasteiger partial charge is 0.264 e. The van der Waals surface area contributed by atoms with Crippen molar-refractivity contribution < 1.29 is 9.90 Å². The number of piperidine rings is 1. The molecule has 2 atom stereocenters. The lowest BCUT2D eigenvalue weighted by Gasteiger charge is -2.33. The molecule has 1 aromatic heterocycles. The Morgan fingerprint density at radius 1 is 1.37 bits per heavy atom. The van der Waals surface area contributed by atoms with Crippen LogP contribution in [0.2, 0.25) is 0 Å². The van der Waals surface area contributed by atoms with E-state index in [-0.39, 0.29) is 12.0 Å². The molecule has 3 nitrogen and oxygen atoms in total. The van der Waals surface area contributed by atoms with Crippen LogP contribution in [0.25, 0.3) is 0 Å². The summed E-state index contributed by atoms with van der Waals surface area (Å²) in [6.45, 7) is 3.37. The summed E-state index contributed by atoms with van der Waals surface area (Å²) in [7, 11) is 0. The first kappa shape index (κ1) is 13.1. The number of aliphatic hydroxyl groups is 1. The zero-order chi connectivity index (χ0) is 13.4. The predicted molar refractivity (Wildman–Crippen MR) is 76.7 cm³/mol. The van der Waals surface area contributed by atoms with Gasteiger partial charge in [0.15, 0.2) is 0 Å². The number of β-amino-alcohol motifs (C(OH)–C–C–N with tert-alkyl or cyclic N) is 1. The molecule has 1 amide bonds. The van der Waals surface area contributed by atoms with Gasteiger partial charge in [-0.3, -0.25) is 4.79 Å². The van der Waals surface area contributed by atoms with Gasteiger partial charge in [0.05, 0.1) is 11.0 Å². The average Bonchev–Trinajstić information content (AvgIpc) is 2.80. The van der Waals surface area contributed by atoms with E-state index in [4.69, 9.17) is 0 Å². The number of carbonyl (C=O) groups excluding carboxylic acids is 1. The Balaban J connectivity index is 1.77. The number of hydrogen-bond donors (Lipinski definition) is 1. The maximum absolute atomic E-state index is 12.5. The second-order valence-corrected chi connectivity index (χ2v) is 7.11. The maximum atomic E-state index is 12.5. The minimum atomic E-state index is -0.359. The molecule has 1 aliphatic heterocycles. The van der Waals surface area contributed by atoms with Crippen LogP contribution in [0.15, 0.2) is 6.07 Å². The number of aryl methyl sites for hydroxylation is 2. The minimum absolute atomic E-state index is 0.116. The van der Waals surface area contributed by atoms with E-state index in [1.165, 1.54) is 23.3 Å². The van der Waals surface area contributed by atoms with Crippen LogP contribution in [-0.2, 0) is 12.8 Å². The summed E-state index contributed by atoms with van der Waals surface area (Å²) in [5.41, 5.74) is 1.38. The van der Waals surface area contributed by atoms with Gasteiger partial charge in [0, 0.05) is 18.0 Å². The Morgan fingerprint density at radius 3 is 2.89 bits per heavy atom. The van der Waals surface area contributed by atoms with Crippen LogP contribution in [0.1, 0.15) is 46.3 Å². The van der Waals surface area contributed by atoms with Crippen molar-refractivity contribution in [1.29, 1.82) is 0 Å². The van der Waals surface area contributed by atoms with E-state index in [0.29, 0.717) is 12.5 Å². The summed E-state index contributed by atoms with van der Waals surface area (Å²) in [5, 5.41) is 9.82. The molecule has 0 radical (unpaired) electrons. The topological polar surface area (TPSA) is 40.5 Å². The number of likely N-dealkylation sites (tertiary alicyclic amines) is 1. The molecule has 2 aliphatic rings. The fourth-order valence-corrected chi connectivity index (χ4v) is 4.46. The second-order valence-electron chi connectivity index (χ2n) is 5.97. The van der Waals surface area contributed by atoms with E-state index in [1.807, 2.05) is 4.90 Å². The summed E-state index contributed by atoms with van der Waals surface area (Å²) < 4.78 is 0. The maximum Gasteiger partial charge on any atom is 0.264 e. The lowest BCUT2D eigenvalue weighted by molar-refractivity contribution is 0.0342. The molecular weight excluding hydrogens is 258 g/mol. The molecule has 2 heterocycles. The van der Waals surface area contributed by atoms with E-state index >= 15 is 0 Å². The standard InChI is InChI=1S/C15H21NO2S/c1-10-6-12(17)9-16(8-10)15(18)14-7-11-4-2-3-5-13(11)19-14/h7,10,12,17H,2-6,8-9H2,1H3/t10-,12+/m1/s1. The third-order valence-electron chi connectivity index (χ3n) is 4.13. The van der Waals surface area contributed by atoms with Crippen LogP contribution in [0.3, 0.4) is 0 Å². The first-order valence-corrected chi connectivity index (χ1v) is 8.04. The van der Waals surface area contributed by atoms with Crippen LogP contribution in [0.4, 0.5) is 0 Å². The van der Waals surface area contributed by atoms with Crippen molar-refractivity contribution in [3.8, 4) is 0 Å². The minimum Gasteiger partial charge on any atom is -0.391 e. The normalized spacial score (nSPS) is 27.2. The predicted octanol–water partition coefficient (Wildman–Crippen LogP) is 2.47. The number of fused-ring (bicyclic) bond motifs is 1. The summed E-state index contributed by atoms with van der Waals surface area (Å²) in [6.07, 6.45) is 5.20. The molecule has 0 bridgehead atoms. The number of aliphatic hydroxyl groups excluding tert-OH is 1. The summed E-state index contributed by atoms with van der Waals surface area (Å²) in [6, 6.07) is 2.09. The molecule has 1 saturated heterocycles. The van der Waals surface area contributed by atoms with E-state index in [1.54, 1.807) is 11.3 Å². The molecule has 0 saturated carbocycles. The van der Waals surface area contributed by atoms with Gasteiger partial charge in [-0.05, 0) is 49.7 Å². The molecule has 19 heavy (non-hydrogen) atoms. The molecule has 0 spiro atoms. The van der Waals surface area contributed by atoms with Gasteiger partial charge in [0.25, 0.3) is 5.91 Å². The van der Waals surface area contributed by atoms with Gasteiger partial charge >= 0.3 is 0 Å². The molecular formula is C15H21NO2S. The third-order valence-corrected chi connectivity index (χ3v) is 5.36. The Bertz CT molecular complexity index is 449. The lowest BCUT2D eigenvalue weighted by Crippen LogP contribution is -2.45. The van der Waals surface area contributed by atoms with E-state index in [0.717, 1.165) is 30.7 Å². The Labute approximate surface area is 118 Å². The van der Waals surface area contributed by atoms with E-state index < -0.39 is 0 Å². The molecule has 4 heteroatoms. The molecule has 1 fully saturated rings. The first-order valence-electron chi connectivity index (χ1n) is 7.22. The second kappa shape index (κ2) is 5.25. The van der Waals surface area contributed by atoms with Crippen LogP contribution < -0.4 is 0 Å². The van der Waals surface area contributed by atoms with E-state index in [2.05, 4.69) is 13.0 Å². The molecule has 104 valence electrons. The Kier molecular flexibility index (Phi) is 3.63. The summed E-state index contributed by atoms with van der Waals surface area (Å²) in [5.74, 6) is 0.507. The SMILES string of the molecule is C[C@@H]1C[C@H](O)CN(C(=O)c2cc3c(s2)CCCC3)C1. The first-order chi connectivity index (χ1) is 9.13. The zero-order valence-electron chi connectivity index (χ0n) is 11.4. The van der Waals surface area contributed by atoms with Gasteiger partial charge in [0.1, 0.15) is 0 Å². The molecule has 1 aliphatic carbocycles. The fourth-order valence-electron chi connectivity index (χ4n) is 3.24. The number of carbonyl (C=O) groups is 1. The number of hydrogen-bond acceptors (Lipinski definition) is 3. The third kappa shape index (κ3) is 2.70. The molecule has 1 N–H and O–H groups in total. The van der Waals surface area contributed by atoms with Gasteiger partial charge in [-0.1, -0.05) is 6.92 Å². The van der Waals surface area contributed by atoms with Crippen LogP contribution >= 0.6 is 11.3 Å². The largest absolute Gasteiger partial charge is 0.391 e. The molecule has 0 aromatic carbocycles. The molecule has 1 aromatic rings. The highest BCUT2D eigenvalue weighted by Crippen LogP contribution is 2.31. The van der Waals surface area contributed by atoms with Crippen molar-refractivity contribution in [1.82, 2.24) is 4.90 Å². The summed E-state index contributed by atoms with van der Waals surface area (Å²) >= 11 is 1.67. The van der Waals surface area contributed by atoms with Crippen molar-refractivity contribution in [3.05, 3.63) is 21.4 Å². The van der Waals surface area contributed by atoms with Crippen molar-refractivity contribution in [2.24, 2.45) is 5.92 Å². The number of nitrogens with zero attached hydrogens (tertiary/aromatic N) is 1. The van der Waals surface area contributed by atoms with Crippen molar-refractivity contribution >= 4 is 17.2 Å². The van der Waals surface area contributed by atoms with Gasteiger partial charge < -0.3 is 10.0 Å². The number of amides is 1. The Hall–Kier alpha value is -0.870. The fraction of sp³-hybridized carbons (Fsp3) is 0.667. The van der Waals surface area contributed by atoms with Crippen LogP contribution in [-0.4, -0.2) is 35.1 Å². The quantitative estimate of drug-likeness (QED) is 0.858. The summed E-state index contributed by atoms with van der Waals surface area (Å²) in [4.78, 5) is 16.6. The zero-order valence-corrected chi connectivity index (χ0v) is 12.2. The van der Waals surface area contributed by atoms with Gasteiger partial charge in [-0.15, -0.1) is 11.3 Å². The van der Waals surface area contributed by atoms with E-state index in [9.17, 15) is 9.90 Å². The van der Waals surface area contributed by atoms with Gasteiger partial charge in [-0.2, -0.15) is 0 Å². The van der Waals surface area contributed by atoms with Crippen molar-refractivity contribution in [2.75, 3.05) is 13.1 Å². The van der Waals surface area contributed by atoms with Crippen LogP contribution in [0.5, 0.6) is 0 Å². The molecule has 0 unspecified atom stereocenters. The highest BCUT2D eigenvalue weighted by molar-refractivity contribution is 7.14.